The average Bonchev–Trinajstić information content (AvgIpc) is 2.97. The molecule has 2 aliphatic rings. The topological polar surface area (TPSA) is 57.6 Å². The molecule has 0 aromatic rings. The Morgan fingerprint density at radius 2 is 1.69 bits per heavy atom. The summed E-state index contributed by atoms with van der Waals surface area (Å²) in [6.07, 6.45) is 4.14. The van der Waals surface area contributed by atoms with Crippen molar-refractivity contribution in [2.45, 2.75) is 58.0 Å². The molecule has 0 radical (unpaired) electrons. The molecule has 0 bridgehead atoms. The number of aliphatic carboxylic acids is 1. The molecule has 1 aliphatic carbocycles. The van der Waals surface area contributed by atoms with Gasteiger partial charge in [-0.2, -0.15) is 0 Å². The van der Waals surface area contributed by atoms with E-state index in [-0.39, 0.29) is 18.0 Å². The number of piperidine rings is 1. The van der Waals surface area contributed by atoms with E-state index in [0.717, 1.165) is 19.3 Å². The maximum atomic E-state index is 12.3. The molecule has 1 amide bonds. The first-order chi connectivity index (χ1) is 7.49. The molecule has 0 unspecified atom stereocenters. The highest BCUT2D eigenvalue weighted by molar-refractivity contribution is 6.05. The third-order valence-corrected chi connectivity index (χ3v) is 4.00. The third kappa shape index (κ3) is 1.60. The van der Waals surface area contributed by atoms with Gasteiger partial charge in [0.05, 0.1) is 0 Å². The molecule has 0 aromatic carbocycles. The van der Waals surface area contributed by atoms with Crippen molar-refractivity contribution >= 4 is 11.9 Å². The minimum absolute atomic E-state index is 0.153. The molecule has 4 nitrogen and oxygen atoms in total. The Labute approximate surface area is 95.6 Å². The number of carbonyl (C=O) groups excluding carboxylic acids is 1. The summed E-state index contributed by atoms with van der Waals surface area (Å²) in [5, 5.41) is 9.13. The molecule has 1 aliphatic heterocycles. The number of carboxylic acid groups (broad SMARTS) is 1. The van der Waals surface area contributed by atoms with Crippen LogP contribution in [0.3, 0.4) is 0 Å². The smallest absolute Gasteiger partial charge is 0.319 e. The van der Waals surface area contributed by atoms with Gasteiger partial charge in [-0.25, -0.2) is 0 Å². The summed E-state index contributed by atoms with van der Waals surface area (Å²) >= 11 is 0. The molecule has 2 rings (SSSR count). The molecule has 2 atom stereocenters. The van der Waals surface area contributed by atoms with E-state index in [1.165, 1.54) is 0 Å². The van der Waals surface area contributed by atoms with Gasteiger partial charge in [-0.3, -0.25) is 9.59 Å². The Morgan fingerprint density at radius 1 is 1.19 bits per heavy atom. The van der Waals surface area contributed by atoms with Crippen molar-refractivity contribution in [1.29, 1.82) is 0 Å². The van der Waals surface area contributed by atoms with Gasteiger partial charge in [0.25, 0.3) is 0 Å². The van der Waals surface area contributed by atoms with Crippen molar-refractivity contribution in [2.75, 3.05) is 0 Å². The molecule has 0 spiro atoms. The highest BCUT2D eigenvalue weighted by atomic mass is 16.4. The fraction of sp³-hybridized carbons (Fsp3) is 0.833. The van der Waals surface area contributed by atoms with Crippen molar-refractivity contribution in [3.05, 3.63) is 0 Å². The quantitative estimate of drug-likeness (QED) is 0.727. The Kier molecular flexibility index (Phi) is 2.68. The molecule has 1 N–H and O–H groups in total. The second kappa shape index (κ2) is 3.75. The van der Waals surface area contributed by atoms with Crippen molar-refractivity contribution < 1.29 is 14.7 Å². The Balaban J connectivity index is 2.17. The van der Waals surface area contributed by atoms with Gasteiger partial charge in [0, 0.05) is 12.1 Å². The van der Waals surface area contributed by atoms with E-state index in [9.17, 15) is 9.59 Å². The Morgan fingerprint density at radius 3 is 2.06 bits per heavy atom. The van der Waals surface area contributed by atoms with Gasteiger partial charge in [0.2, 0.25) is 5.91 Å². The molecule has 0 aromatic heterocycles. The summed E-state index contributed by atoms with van der Waals surface area (Å²) < 4.78 is 0. The fourth-order valence-electron chi connectivity index (χ4n) is 2.71. The lowest BCUT2D eigenvalue weighted by Crippen LogP contribution is -2.52. The number of likely N-dealkylation sites (tertiary alicyclic amines) is 1. The van der Waals surface area contributed by atoms with Crippen LogP contribution in [0.25, 0.3) is 0 Å². The minimum atomic E-state index is -1.07. The summed E-state index contributed by atoms with van der Waals surface area (Å²) in [5.41, 5.74) is -1.07. The number of carboxylic acids is 1. The van der Waals surface area contributed by atoms with Crippen LogP contribution in [0.2, 0.25) is 0 Å². The van der Waals surface area contributed by atoms with Crippen molar-refractivity contribution in [3.8, 4) is 0 Å². The van der Waals surface area contributed by atoms with Gasteiger partial charge >= 0.3 is 5.97 Å². The lowest BCUT2D eigenvalue weighted by atomic mass is 9.94. The van der Waals surface area contributed by atoms with Crippen LogP contribution < -0.4 is 0 Å². The van der Waals surface area contributed by atoms with Gasteiger partial charge in [-0.15, -0.1) is 0 Å². The highest BCUT2D eigenvalue weighted by Crippen LogP contribution is 2.48. The van der Waals surface area contributed by atoms with Gasteiger partial charge in [-0.1, -0.05) is 0 Å². The van der Waals surface area contributed by atoms with E-state index in [0.29, 0.717) is 12.8 Å². The lowest BCUT2D eigenvalue weighted by Gasteiger charge is -2.40. The maximum absolute atomic E-state index is 12.3. The van der Waals surface area contributed by atoms with Gasteiger partial charge in [-0.05, 0) is 46.0 Å². The van der Waals surface area contributed by atoms with Crippen LogP contribution in [0.15, 0.2) is 0 Å². The van der Waals surface area contributed by atoms with Crippen LogP contribution in [0.1, 0.15) is 46.0 Å². The molecule has 1 saturated heterocycles. The maximum Gasteiger partial charge on any atom is 0.319 e. The van der Waals surface area contributed by atoms with Gasteiger partial charge in [0.1, 0.15) is 5.41 Å². The van der Waals surface area contributed by atoms with Crippen LogP contribution >= 0.6 is 0 Å². The number of rotatable bonds is 2. The summed E-state index contributed by atoms with van der Waals surface area (Å²) in [6, 6.07) is 0.376. The first-order valence-corrected chi connectivity index (χ1v) is 6.05. The predicted octanol–water partition coefficient (Wildman–Crippen LogP) is 1.64. The monoisotopic (exact) mass is 225 g/mol. The van der Waals surface area contributed by atoms with Crippen LogP contribution in [0.4, 0.5) is 0 Å². The van der Waals surface area contributed by atoms with E-state index < -0.39 is 11.4 Å². The van der Waals surface area contributed by atoms with E-state index in [1.54, 1.807) is 0 Å². The van der Waals surface area contributed by atoms with Crippen molar-refractivity contribution in [3.63, 3.8) is 0 Å². The summed E-state index contributed by atoms with van der Waals surface area (Å²) in [4.78, 5) is 25.2. The molecular weight excluding hydrogens is 206 g/mol. The van der Waals surface area contributed by atoms with Crippen molar-refractivity contribution in [2.24, 2.45) is 5.41 Å². The standard InChI is InChI=1S/C12H19NO3/c1-8-4-3-5-9(2)13(8)10(14)12(6-7-12)11(15)16/h8-9H,3-7H2,1-2H3,(H,15,16)/t8-,9+. The summed E-state index contributed by atoms with van der Waals surface area (Å²) in [7, 11) is 0. The number of hydrogen-bond acceptors (Lipinski definition) is 2. The minimum Gasteiger partial charge on any atom is -0.480 e. The second-order valence-corrected chi connectivity index (χ2v) is 5.23. The molecule has 90 valence electrons. The molecule has 1 heterocycles. The Bertz CT molecular complexity index is 312. The van der Waals surface area contributed by atoms with Crippen molar-refractivity contribution in [1.82, 2.24) is 4.90 Å². The van der Waals surface area contributed by atoms with Crippen LogP contribution in [0.5, 0.6) is 0 Å². The summed E-state index contributed by atoms with van der Waals surface area (Å²) in [6.45, 7) is 4.04. The number of carbonyl (C=O) groups is 2. The second-order valence-electron chi connectivity index (χ2n) is 5.23. The first-order valence-electron chi connectivity index (χ1n) is 6.05. The van der Waals surface area contributed by atoms with Crippen LogP contribution in [0, 0.1) is 5.41 Å². The van der Waals surface area contributed by atoms with Crippen LogP contribution in [-0.4, -0.2) is 34.0 Å². The first kappa shape index (κ1) is 11.4. The van der Waals surface area contributed by atoms with Crippen LogP contribution in [-0.2, 0) is 9.59 Å². The van der Waals surface area contributed by atoms with E-state index in [4.69, 9.17) is 5.11 Å². The van der Waals surface area contributed by atoms with E-state index in [1.807, 2.05) is 18.7 Å². The normalized spacial score (nSPS) is 32.2. The Hall–Kier alpha value is -1.06. The number of amides is 1. The SMILES string of the molecule is C[C@@H]1CCC[C@H](C)N1C(=O)C1(C(=O)O)CC1. The zero-order chi connectivity index (χ0) is 11.9. The highest BCUT2D eigenvalue weighted by Gasteiger charge is 2.59. The van der Waals surface area contributed by atoms with E-state index in [2.05, 4.69) is 0 Å². The molecule has 1 saturated carbocycles. The molecule has 2 fully saturated rings. The lowest BCUT2D eigenvalue weighted by molar-refractivity contribution is -0.156. The third-order valence-electron chi connectivity index (χ3n) is 4.00. The number of hydrogen-bond donors (Lipinski definition) is 1. The largest absolute Gasteiger partial charge is 0.480 e. The molecule has 4 heteroatoms. The fourth-order valence-corrected chi connectivity index (χ4v) is 2.71. The van der Waals surface area contributed by atoms with E-state index >= 15 is 0 Å². The summed E-state index contributed by atoms with van der Waals surface area (Å²) in [5.74, 6) is -1.10. The van der Waals surface area contributed by atoms with Gasteiger partial charge in [0.15, 0.2) is 0 Å². The molecular formula is C12H19NO3. The predicted molar refractivity (Wildman–Crippen MR) is 58.9 cm³/mol. The zero-order valence-corrected chi connectivity index (χ0v) is 9.90. The molecule has 16 heavy (non-hydrogen) atoms. The zero-order valence-electron chi connectivity index (χ0n) is 9.90. The van der Waals surface area contributed by atoms with Gasteiger partial charge < -0.3 is 10.0 Å². The number of nitrogens with zero attached hydrogens (tertiary/aromatic N) is 1. The average molecular weight is 225 g/mol.